The fourth-order valence-corrected chi connectivity index (χ4v) is 6.85. The molecule has 6 aromatic carbocycles. The predicted octanol–water partition coefficient (Wildman–Crippen LogP) is 8.32. The van der Waals surface area contributed by atoms with Crippen molar-refractivity contribution in [1.82, 2.24) is 8.97 Å². The summed E-state index contributed by atoms with van der Waals surface area (Å²) in [5.74, 6) is 0. The normalized spacial score (nSPS) is 12.0. The molecule has 196 valence electrons. The van der Waals surface area contributed by atoms with Crippen LogP contribution in [0.1, 0.15) is 0 Å². The lowest BCUT2D eigenvalue weighted by molar-refractivity contribution is 1.18. The van der Waals surface area contributed by atoms with Gasteiger partial charge >= 0.3 is 0 Å². The van der Waals surface area contributed by atoms with Gasteiger partial charge in [0.2, 0.25) is 0 Å². The molecule has 4 nitrogen and oxygen atoms in total. The van der Waals surface area contributed by atoms with Crippen LogP contribution in [-0.2, 0) is 0 Å². The fraction of sp³-hybridized carbons (Fsp3) is 0. The number of hydrogen-bond acceptors (Lipinski definition) is 2. The van der Waals surface area contributed by atoms with Gasteiger partial charge in [-0.05, 0) is 65.7 Å². The maximum absolute atomic E-state index is 14.2. The first-order valence-corrected chi connectivity index (χ1v) is 14.0. The molecule has 9 aromatic rings. The Hall–Kier alpha value is -5.74. The van der Waals surface area contributed by atoms with Crippen molar-refractivity contribution in [1.29, 1.82) is 0 Å². The zero-order chi connectivity index (χ0) is 27.9. The molecule has 0 saturated carbocycles. The Morgan fingerprint density at radius 1 is 0.429 bits per heavy atom. The van der Waals surface area contributed by atoms with E-state index >= 15 is 0 Å². The van der Waals surface area contributed by atoms with Crippen LogP contribution in [0.3, 0.4) is 0 Å². The van der Waals surface area contributed by atoms with Crippen LogP contribution in [0.2, 0.25) is 0 Å². The number of nitrogens with zero attached hydrogens (tertiary/aromatic N) is 2. The van der Waals surface area contributed by atoms with Crippen molar-refractivity contribution in [3.63, 3.8) is 0 Å². The van der Waals surface area contributed by atoms with Gasteiger partial charge in [0.25, 0.3) is 0 Å². The van der Waals surface area contributed by atoms with Gasteiger partial charge in [0.05, 0.1) is 27.6 Å². The van der Waals surface area contributed by atoms with Crippen LogP contribution in [0.5, 0.6) is 0 Å². The molecule has 9 rings (SSSR count). The molecule has 0 aliphatic heterocycles. The maximum atomic E-state index is 14.2. The lowest BCUT2D eigenvalue weighted by atomic mass is 9.98. The van der Waals surface area contributed by atoms with Crippen LogP contribution in [0.4, 0.5) is 0 Å². The lowest BCUT2D eigenvalue weighted by Crippen LogP contribution is -2.14. The number of pyridine rings is 2. The van der Waals surface area contributed by atoms with Gasteiger partial charge in [-0.25, -0.2) is 0 Å². The molecule has 42 heavy (non-hydrogen) atoms. The molecule has 0 fully saturated rings. The first-order chi connectivity index (χ1) is 20.7. The Morgan fingerprint density at radius 3 is 1.83 bits per heavy atom. The minimum Gasteiger partial charge on any atom is -0.309 e. The Bertz CT molecular complexity index is 2650. The number of rotatable bonds is 2. The maximum Gasteiger partial charge on any atom is 0.197 e. The van der Waals surface area contributed by atoms with Crippen LogP contribution < -0.4 is 10.9 Å². The summed E-state index contributed by atoms with van der Waals surface area (Å²) in [6.45, 7) is 0. The second-order valence-corrected chi connectivity index (χ2v) is 10.8. The molecule has 0 unspecified atom stereocenters. The number of hydrogen-bond donors (Lipinski definition) is 0. The molecular weight excluding hydrogens is 516 g/mol. The zero-order valence-corrected chi connectivity index (χ0v) is 22.4. The van der Waals surface area contributed by atoms with Crippen LogP contribution in [-0.4, -0.2) is 8.97 Å². The molecule has 0 aliphatic carbocycles. The van der Waals surface area contributed by atoms with Crippen molar-refractivity contribution in [2.24, 2.45) is 0 Å². The van der Waals surface area contributed by atoms with Gasteiger partial charge in [-0.3, -0.25) is 9.59 Å². The minimum absolute atomic E-state index is 0.0538. The van der Waals surface area contributed by atoms with E-state index in [1.807, 2.05) is 66.7 Å². The highest BCUT2D eigenvalue weighted by atomic mass is 16.1. The smallest absolute Gasteiger partial charge is 0.197 e. The predicted molar refractivity (Wildman–Crippen MR) is 173 cm³/mol. The Kier molecular flexibility index (Phi) is 4.59. The average molecular weight is 539 g/mol. The van der Waals surface area contributed by atoms with Gasteiger partial charge in [-0.15, -0.1) is 0 Å². The molecular formula is C38H22N2O2. The molecule has 0 bridgehead atoms. The van der Waals surface area contributed by atoms with Crippen LogP contribution >= 0.6 is 0 Å². The first-order valence-electron chi connectivity index (χ1n) is 14.0. The molecule has 0 aliphatic rings. The SMILES string of the molecule is O=c1c2ccccc2n2c3cc4c(cc3c(=O)c3cccc1c32)c1c(-c2ccccc2)cccc1n4-c1ccccc1. The molecule has 0 saturated heterocycles. The van der Waals surface area contributed by atoms with Gasteiger partial charge in [0, 0.05) is 38.0 Å². The van der Waals surface area contributed by atoms with Crippen LogP contribution in [0, 0.1) is 0 Å². The summed E-state index contributed by atoms with van der Waals surface area (Å²) >= 11 is 0. The standard InChI is InChI=1S/C38H22N2O2/c41-37-26-15-7-8-19-31(26)40-34-22-33-29(21-30(34)38(42)28-18-9-17-27(37)36(28)40)35-25(23-11-3-1-4-12-23)16-10-20-32(35)39(33)24-13-5-2-6-14-24/h1-22H. The molecule has 0 spiro atoms. The summed E-state index contributed by atoms with van der Waals surface area (Å²) in [7, 11) is 0. The number of para-hydroxylation sites is 3. The van der Waals surface area contributed by atoms with Gasteiger partial charge < -0.3 is 8.97 Å². The fourth-order valence-electron chi connectivity index (χ4n) is 6.85. The summed E-state index contributed by atoms with van der Waals surface area (Å²) in [5.41, 5.74) is 7.49. The Morgan fingerprint density at radius 2 is 1.05 bits per heavy atom. The topological polar surface area (TPSA) is 43.5 Å². The largest absolute Gasteiger partial charge is 0.309 e. The van der Waals surface area contributed by atoms with E-state index in [1.165, 1.54) is 0 Å². The Balaban J connectivity index is 1.58. The van der Waals surface area contributed by atoms with Gasteiger partial charge in [-0.2, -0.15) is 0 Å². The number of fused-ring (bicyclic) bond motifs is 7. The van der Waals surface area contributed by atoms with E-state index in [1.54, 1.807) is 0 Å². The van der Waals surface area contributed by atoms with E-state index in [-0.39, 0.29) is 10.9 Å². The van der Waals surface area contributed by atoms with E-state index in [2.05, 4.69) is 75.7 Å². The summed E-state index contributed by atoms with van der Waals surface area (Å²) in [5, 5.41) is 4.50. The van der Waals surface area contributed by atoms with E-state index in [0.29, 0.717) is 27.1 Å². The van der Waals surface area contributed by atoms with Crippen LogP contribution in [0.25, 0.3) is 76.7 Å². The highest BCUT2D eigenvalue weighted by Gasteiger charge is 2.21. The number of aromatic nitrogens is 2. The van der Waals surface area contributed by atoms with E-state index in [0.717, 1.165) is 49.7 Å². The highest BCUT2D eigenvalue weighted by molar-refractivity contribution is 6.19. The zero-order valence-electron chi connectivity index (χ0n) is 22.4. The minimum atomic E-state index is -0.0648. The lowest BCUT2D eigenvalue weighted by Gasteiger charge is -2.15. The third-order valence-electron chi connectivity index (χ3n) is 8.63. The first kappa shape index (κ1) is 23.0. The highest BCUT2D eigenvalue weighted by Crippen LogP contribution is 2.40. The average Bonchev–Trinajstić information content (AvgIpc) is 3.38. The summed E-state index contributed by atoms with van der Waals surface area (Å²) in [6.07, 6.45) is 0. The van der Waals surface area contributed by atoms with Crippen LogP contribution in [0.15, 0.2) is 143 Å². The molecule has 3 aromatic heterocycles. The van der Waals surface area contributed by atoms with Gasteiger partial charge in [-0.1, -0.05) is 78.9 Å². The monoisotopic (exact) mass is 538 g/mol. The summed E-state index contributed by atoms with van der Waals surface area (Å²) in [6, 6.07) is 44.5. The van der Waals surface area contributed by atoms with Crippen molar-refractivity contribution < 1.29 is 0 Å². The molecule has 0 amide bonds. The van der Waals surface area contributed by atoms with Gasteiger partial charge in [0.15, 0.2) is 10.9 Å². The molecule has 0 N–H and O–H groups in total. The molecule has 0 atom stereocenters. The van der Waals surface area contributed by atoms with Crippen molar-refractivity contribution in [3.05, 3.63) is 154 Å². The molecule has 3 heterocycles. The van der Waals surface area contributed by atoms with Crippen molar-refractivity contribution >= 4 is 59.9 Å². The molecule has 4 heteroatoms. The van der Waals surface area contributed by atoms with Gasteiger partial charge in [0.1, 0.15) is 0 Å². The molecule has 0 radical (unpaired) electrons. The Labute approximate surface area is 239 Å². The summed E-state index contributed by atoms with van der Waals surface area (Å²) < 4.78 is 4.40. The van der Waals surface area contributed by atoms with Crippen molar-refractivity contribution in [3.8, 4) is 16.8 Å². The van der Waals surface area contributed by atoms with E-state index in [9.17, 15) is 9.59 Å². The number of benzene rings is 6. The van der Waals surface area contributed by atoms with Crippen molar-refractivity contribution in [2.45, 2.75) is 0 Å². The second-order valence-electron chi connectivity index (χ2n) is 10.8. The third-order valence-corrected chi connectivity index (χ3v) is 8.63. The van der Waals surface area contributed by atoms with Crippen molar-refractivity contribution in [2.75, 3.05) is 0 Å². The van der Waals surface area contributed by atoms with E-state index < -0.39 is 0 Å². The quantitative estimate of drug-likeness (QED) is 0.164. The third kappa shape index (κ3) is 2.95. The van der Waals surface area contributed by atoms with E-state index in [4.69, 9.17) is 0 Å². The second kappa shape index (κ2) is 8.38. The summed E-state index contributed by atoms with van der Waals surface area (Å²) in [4.78, 5) is 27.8.